The molecule has 0 unspecified atom stereocenters. The molecule has 1 saturated carbocycles. The van der Waals surface area contributed by atoms with Crippen LogP contribution in [0.2, 0.25) is 0 Å². The maximum absolute atomic E-state index is 13.6. The van der Waals surface area contributed by atoms with E-state index in [0.29, 0.717) is 12.5 Å². The first-order valence-electron chi connectivity index (χ1n) is 5.82. The average molecular weight is 306 g/mol. The molecule has 0 saturated heterocycles. The Morgan fingerprint density at radius 2 is 2.11 bits per heavy atom. The predicted octanol–water partition coefficient (Wildman–Crippen LogP) is 2.20. The first-order valence-corrected chi connectivity index (χ1v) is 8.13. The van der Waals surface area contributed by atoms with Crippen molar-refractivity contribution in [1.29, 1.82) is 0 Å². The SMILES string of the molecule is Cc1c(F)cc(C(=O)NCC2CC2)cc1S(=O)(=O)Cl. The van der Waals surface area contributed by atoms with Crippen LogP contribution >= 0.6 is 10.7 Å². The van der Waals surface area contributed by atoms with Gasteiger partial charge >= 0.3 is 0 Å². The van der Waals surface area contributed by atoms with Gasteiger partial charge in [0.15, 0.2) is 0 Å². The summed E-state index contributed by atoms with van der Waals surface area (Å²) < 4.78 is 36.3. The van der Waals surface area contributed by atoms with Crippen molar-refractivity contribution >= 4 is 25.6 Å². The molecule has 1 fully saturated rings. The third-order valence-electron chi connectivity index (χ3n) is 3.07. The number of hydrogen-bond acceptors (Lipinski definition) is 3. The van der Waals surface area contributed by atoms with Crippen molar-refractivity contribution < 1.29 is 17.6 Å². The van der Waals surface area contributed by atoms with Gasteiger partial charge in [-0.2, -0.15) is 0 Å². The Bertz CT molecular complexity index is 626. The zero-order chi connectivity index (χ0) is 14.2. The number of benzene rings is 1. The molecular weight excluding hydrogens is 293 g/mol. The molecular formula is C12H13ClFNO3S. The molecule has 2 rings (SSSR count). The van der Waals surface area contributed by atoms with E-state index in [1.807, 2.05) is 0 Å². The lowest BCUT2D eigenvalue weighted by Crippen LogP contribution is -2.26. The Morgan fingerprint density at radius 3 is 2.63 bits per heavy atom. The van der Waals surface area contributed by atoms with E-state index in [4.69, 9.17) is 10.7 Å². The summed E-state index contributed by atoms with van der Waals surface area (Å²) in [4.78, 5) is 11.4. The lowest BCUT2D eigenvalue weighted by atomic mass is 10.1. The van der Waals surface area contributed by atoms with Crippen molar-refractivity contribution in [2.24, 2.45) is 5.92 Å². The molecule has 19 heavy (non-hydrogen) atoms. The van der Waals surface area contributed by atoms with Gasteiger partial charge in [-0.15, -0.1) is 0 Å². The van der Waals surface area contributed by atoms with Crippen molar-refractivity contribution in [2.75, 3.05) is 6.54 Å². The van der Waals surface area contributed by atoms with Gasteiger partial charge in [0, 0.05) is 28.4 Å². The second kappa shape index (κ2) is 5.09. The largest absolute Gasteiger partial charge is 0.352 e. The van der Waals surface area contributed by atoms with Crippen molar-refractivity contribution in [3.63, 3.8) is 0 Å². The van der Waals surface area contributed by atoms with Gasteiger partial charge in [-0.3, -0.25) is 4.79 Å². The molecule has 0 bridgehead atoms. The molecule has 0 aromatic heterocycles. The van der Waals surface area contributed by atoms with Gasteiger partial charge in [0.25, 0.3) is 15.0 Å². The Hall–Kier alpha value is -1.14. The highest BCUT2D eigenvalue weighted by atomic mass is 35.7. The van der Waals surface area contributed by atoms with Crippen LogP contribution in [0.15, 0.2) is 17.0 Å². The Morgan fingerprint density at radius 1 is 1.47 bits per heavy atom. The van der Waals surface area contributed by atoms with Crippen molar-refractivity contribution in [3.8, 4) is 0 Å². The normalized spacial score (nSPS) is 15.3. The molecule has 0 radical (unpaired) electrons. The minimum atomic E-state index is -4.08. The lowest BCUT2D eigenvalue weighted by Gasteiger charge is -2.08. The van der Waals surface area contributed by atoms with E-state index >= 15 is 0 Å². The van der Waals surface area contributed by atoms with Gasteiger partial charge in [-0.25, -0.2) is 12.8 Å². The fourth-order valence-corrected chi connectivity index (χ4v) is 2.91. The summed E-state index contributed by atoms with van der Waals surface area (Å²) in [5.41, 5.74) is -0.128. The average Bonchev–Trinajstić information content (AvgIpc) is 3.11. The lowest BCUT2D eigenvalue weighted by molar-refractivity contribution is 0.0951. The Kier molecular flexibility index (Phi) is 3.82. The Balaban J connectivity index is 2.30. The minimum Gasteiger partial charge on any atom is -0.352 e. The van der Waals surface area contributed by atoms with Crippen LogP contribution in [-0.2, 0) is 9.05 Å². The van der Waals surface area contributed by atoms with E-state index < -0.39 is 20.8 Å². The summed E-state index contributed by atoms with van der Waals surface area (Å²) in [6.45, 7) is 1.83. The molecule has 0 heterocycles. The molecule has 1 aromatic carbocycles. The van der Waals surface area contributed by atoms with E-state index in [1.54, 1.807) is 0 Å². The second-order valence-electron chi connectivity index (χ2n) is 4.67. The highest BCUT2D eigenvalue weighted by Gasteiger charge is 2.23. The maximum atomic E-state index is 13.6. The smallest absolute Gasteiger partial charge is 0.261 e. The molecule has 1 N–H and O–H groups in total. The monoisotopic (exact) mass is 305 g/mol. The highest BCUT2D eigenvalue weighted by molar-refractivity contribution is 8.13. The molecule has 104 valence electrons. The van der Waals surface area contributed by atoms with Gasteiger partial charge < -0.3 is 5.32 Å². The number of halogens is 2. The minimum absolute atomic E-state index is 0.0389. The van der Waals surface area contributed by atoms with Crippen LogP contribution in [0.1, 0.15) is 28.8 Å². The van der Waals surface area contributed by atoms with E-state index in [9.17, 15) is 17.6 Å². The molecule has 1 aliphatic carbocycles. The van der Waals surface area contributed by atoms with Gasteiger partial charge in [-0.1, -0.05) is 0 Å². The summed E-state index contributed by atoms with van der Waals surface area (Å²) in [6.07, 6.45) is 2.15. The molecule has 0 aliphatic heterocycles. The van der Waals surface area contributed by atoms with E-state index in [1.165, 1.54) is 6.92 Å². The van der Waals surface area contributed by atoms with Crippen LogP contribution in [0.3, 0.4) is 0 Å². The maximum Gasteiger partial charge on any atom is 0.261 e. The third-order valence-corrected chi connectivity index (χ3v) is 4.52. The predicted molar refractivity (Wildman–Crippen MR) is 69.2 cm³/mol. The quantitative estimate of drug-likeness (QED) is 0.867. The molecule has 0 atom stereocenters. The topological polar surface area (TPSA) is 63.2 Å². The van der Waals surface area contributed by atoms with Crippen molar-refractivity contribution in [3.05, 3.63) is 29.1 Å². The summed E-state index contributed by atoms with van der Waals surface area (Å²) in [5, 5.41) is 2.64. The van der Waals surface area contributed by atoms with Gasteiger partial charge in [-0.05, 0) is 37.8 Å². The number of hydrogen-bond donors (Lipinski definition) is 1. The van der Waals surface area contributed by atoms with Gasteiger partial charge in [0.2, 0.25) is 0 Å². The van der Waals surface area contributed by atoms with Crippen LogP contribution in [0, 0.1) is 18.7 Å². The zero-order valence-corrected chi connectivity index (χ0v) is 11.8. The molecule has 7 heteroatoms. The van der Waals surface area contributed by atoms with E-state index in [2.05, 4.69) is 5.32 Å². The molecule has 4 nitrogen and oxygen atoms in total. The molecule has 1 aromatic rings. The molecule has 1 amide bonds. The summed E-state index contributed by atoms with van der Waals surface area (Å²) in [6, 6.07) is 2.12. The second-order valence-corrected chi connectivity index (χ2v) is 7.21. The zero-order valence-electron chi connectivity index (χ0n) is 10.2. The van der Waals surface area contributed by atoms with Gasteiger partial charge in [0.1, 0.15) is 5.82 Å². The first kappa shape index (κ1) is 14.3. The fourth-order valence-electron chi connectivity index (χ4n) is 1.70. The van der Waals surface area contributed by atoms with Crippen molar-refractivity contribution in [1.82, 2.24) is 5.32 Å². The number of amides is 1. The van der Waals surface area contributed by atoms with Gasteiger partial charge in [0.05, 0.1) is 4.90 Å². The summed E-state index contributed by atoms with van der Waals surface area (Å²) in [7, 11) is 1.15. The molecule has 1 aliphatic rings. The number of carbonyl (C=O) groups is 1. The number of nitrogens with one attached hydrogen (secondary N) is 1. The fraction of sp³-hybridized carbons (Fsp3) is 0.417. The first-order chi connectivity index (χ1) is 8.79. The summed E-state index contributed by atoms with van der Waals surface area (Å²) >= 11 is 0. The van der Waals surface area contributed by atoms with Crippen LogP contribution in [-0.4, -0.2) is 20.9 Å². The van der Waals surface area contributed by atoms with Crippen LogP contribution in [0.5, 0.6) is 0 Å². The molecule has 0 spiro atoms. The van der Waals surface area contributed by atoms with Crippen LogP contribution < -0.4 is 5.32 Å². The number of rotatable bonds is 4. The standard InChI is InChI=1S/C12H13ClFNO3S/c1-7-10(14)4-9(5-11(7)19(13,17)18)12(16)15-6-8-2-3-8/h4-5,8H,2-3,6H2,1H3,(H,15,16). The van der Waals surface area contributed by atoms with Crippen LogP contribution in [0.4, 0.5) is 4.39 Å². The van der Waals surface area contributed by atoms with E-state index in [0.717, 1.165) is 25.0 Å². The summed E-state index contributed by atoms with van der Waals surface area (Å²) in [5.74, 6) is -0.777. The van der Waals surface area contributed by atoms with E-state index in [-0.39, 0.29) is 16.0 Å². The number of carbonyl (C=O) groups excluding carboxylic acids is 1. The third kappa shape index (κ3) is 3.45. The van der Waals surface area contributed by atoms with Crippen LogP contribution in [0.25, 0.3) is 0 Å². The van der Waals surface area contributed by atoms with Crippen molar-refractivity contribution in [2.45, 2.75) is 24.7 Å². The Labute approximate surface area is 115 Å². The highest BCUT2D eigenvalue weighted by Crippen LogP contribution is 2.28.